The average Bonchev–Trinajstić information content (AvgIpc) is 2.69. The molecule has 1 aromatic rings. The number of hydrogen-bond donors (Lipinski definition) is 6. The number of hydrogen-bond acceptors (Lipinski definition) is 7. The van der Waals surface area contributed by atoms with Crippen LogP contribution >= 0.6 is 35.1 Å². The van der Waals surface area contributed by atoms with Crippen LogP contribution in [0.2, 0.25) is 0 Å². The van der Waals surface area contributed by atoms with Gasteiger partial charge in [-0.2, -0.15) is 12.6 Å². The zero-order valence-corrected chi connectivity index (χ0v) is 18.3. The van der Waals surface area contributed by atoms with Crippen molar-refractivity contribution in [3.05, 3.63) is 24.3 Å². The third-order valence-electron chi connectivity index (χ3n) is 3.77. The lowest BCUT2D eigenvalue weighted by Crippen LogP contribution is -2.49. The highest BCUT2D eigenvalue weighted by Gasteiger charge is 2.23. The molecule has 0 heterocycles. The van der Waals surface area contributed by atoms with Crippen LogP contribution in [0.15, 0.2) is 29.2 Å². The zero-order valence-electron chi connectivity index (χ0n) is 15.6. The van der Waals surface area contributed by atoms with E-state index in [1.807, 2.05) is 6.07 Å². The molecule has 0 aliphatic rings. The second kappa shape index (κ2) is 14.6. The maximum absolute atomic E-state index is 12.4. The average molecular weight is 445 g/mol. The molecule has 0 saturated carbocycles. The fourth-order valence-electron chi connectivity index (χ4n) is 2.40. The number of rotatable bonds is 13. The van der Waals surface area contributed by atoms with Crippen molar-refractivity contribution < 1.29 is 14.4 Å². The number of benzene rings is 1. The topological polar surface area (TPSA) is 113 Å². The van der Waals surface area contributed by atoms with Gasteiger partial charge in [-0.3, -0.25) is 14.4 Å². The minimum atomic E-state index is -0.952. The molecule has 0 spiro atoms. The molecule has 0 radical (unpaired) electrons. The monoisotopic (exact) mass is 444 g/mol. The lowest BCUT2D eigenvalue weighted by Gasteiger charge is -2.18. The van der Waals surface area contributed by atoms with E-state index in [2.05, 4.69) is 40.2 Å². The summed E-state index contributed by atoms with van der Waals surface area (Å²) in [6.45, 7) is 0.548. The first-order valence-electron chi connectivity index (χ1n) is 9.09. The number of unbranched alkanes of at least 4 members (excludes halogenated alkanes) is 2. The molecular formula is C18H28N4O3S3. The number of anilines is 1. The lowest BCUT2D eigenvalue weighted by molar-refractivity contribution is -0.130. The quantitative estimate of drug-likeness (QED) is 0.158. The van der Waals surface area contributed by atoms with Crippen LogP contribution in [0.25, 0.3) is 0 Å². The van der Waals surface area contributed by atoms with Gasteiger partial charge in [0.2, 0.25) is 17.7 Å². The van der Waals surface area contributed by atoms with Crippen LogP contribution in [0, 0.1) is 0 Å². The molecule has 1 rings (SSSR count). The molecule has 0 bridgehead atoms. The largest absolute Gasteiger partial charge is 0.353 e. The van der Waals surface area contributed by atoms with Crippen molar-refractivity contribution in [2.75, 3.05) is 24.2 Å². The molecule has 10 heteroatoms. The third kappa shape index (κ3) is 10.3. The lowest BCUT2D eigenvalue weighted by atomic mass is 10.1. The van der Waals surface area contributed by atoms with Gasteiger partial charge >= 0.3 is 0 Å². The summed E-state index contributed by atoms with van der Waals surface area (Å²) in [5, 5.41) is 8.01. The number of nitrogens with two attached hydrogens (primary N) is 1. The second-order valence-electron chi connectivity index (χ2n) is 6.11. The van der Waals surface area contributed by atoms with Crippen LogP contribution in [0.5, 0.6) is 0 Å². The van der Waals surface area contributed by atoms with E-state index in [1.54, 1.807) is 18.2 Å². The molecular weight excluding hydrogens is 416 g/mol. The van der Waals surface area contributed by atoms with Crippen molar-refractivity contribution in [3.8, 4) is 0 Å². The Morgan fingerprint density at radius 1 is 1.14 bits per heavy atom. The Bertz CT molecular complexity index is 646. The Morgan fingerprint density at radius 2 is 1.93 bits per heavy atom. The first-order chi connectivity index (χ1) is 13.5. The van der Waals surface area contributed by atoms with Gasteiger partial charge in [-0.25, -0.2) is 0 Å². The van der Waals surface area contributed by atoms with Crippen LogP contribution in [0.1, 0.15) is 32.1 Å². The molecule has 156 valence electrons. The first kappa shape index (κ1) is 24.7. The van der Waals surface area contributed by atoms with Gasteiger partial charge in [0.25, 0.3) is 0 Å². The summed E-state index contributed by atoms with van der Waals surface area (Å²) >= 11 is 8.27. The molecule has 0 unspecified atom stereocenters. The molecule has 0 aliphatic heterocycles. The van der Waals surface area contributed by atoms with E-state index >= 15 is 0 Å². The molecule has 0 aromatic heterocycles. The maximum Gasteiger partial charge on any atom is 0.243 e. The van der Waals surface area contributed by atoms with E-state index in [9.17, 15) is 14.4 Å². The van der Waals surface area contributed by atoms with Gasteiger partial charge < -0.3 is 21.7 Å². The minimum absolute atomic E-state index is 0.170. The van der Waals surface area contributed by atoms with Gasteiger partial charge in [0.05, 0.1) is 6.42 Å². The predicted molar refractivity (Wildman–Crippen MR) is 121 cm³/mol. The molecule has 1 atom stereocenters. The SMILES string of the molecule is NCCNC(=O)[C@H](CC(=O)Nc1cccc(SS)c1)NC(=O)CCCCCS. The molecule has 0 aliphatic carbocycles. The summed E-state index contributed by atoms with van der Waals surface area (Å²) in [6.07, 6.45) is 2.67. The number of thiol groups is 2. The minimum Gasteiger partial charge on any atom is -0.353 e. The van der Waals surface area contributed by atoms with Crippen molar-refractivity contribution in [2.24, 2.45) is 5.73 Å². The maximum atomic E-state index is 12.4. The Hall–Kier alpha value is -1.36. The summed E-state index contributed by atoms with van der Waals surface area (Å²) in [5.41, 5.74) is 6.01. The Morgan fingerprint density at radius 3 is 2.61 bits per heavy atom. The smallest absolute Gasteiger partial charge is 0.243 e. The third-order valence-corrected chi connectivity index (χ3v) is 5.18. The van der Waals surface area contributed by atoms with Crippen LogP contribution in [0.4, 0.5) is 5.69 Å². The summed E-state index contributed by atoms with van der Waals surface area (Å²) in [5.74, 6) is -0.277. The van der Waals surface area contributed by atoms with E-state index in [1.165, 1.54) is 10.8 Å². The van der Waals surface area contributed by atoms with Crippen molar-refractivity contribution in [3.63, 3.8) is 0 Å². The highest BCUT2D eigenvalue weighted by molar-refractivity contribution is 8.68. The number of carbonyl (C=O) groups is 3. The van der Waals surface area contributed by atoms with Crippen molar-refractivity contribution in [1.82, 2.24) is 10.6 Å². The van der Waals surface area contributed by atoms with Gasteiger partial charge in [-0.1, -0.05) is 23.3 Å². The molecule has 5 N–H and O–H groups in total. The standard InChI is InChI=1S/C18H28N4O3S3/c19-8-9-20-18(25)15(22-16(23)7-2-1-3-10-26)12-17(24)21-13-5-4-6-14(11-13)28-27/h4-6,11,15,26-27H,1-3,7-10,12,19H2,(H,20,25)(H,21,24)(H,22,23)/t15-/m0/s1. The molecule has 3 amide bonds. The summed E-state index contributed by atoms with van der Waals surface area (Å²) in [6, 6.07) is 6.23. The van der Waals surface area contributed by atoms with Gasteiger partial charge in [0.15, 0.2) is 0 Å². The van der Waals surface area contributed by atoms with Gasteiger partial charge in [-0.05, 0) is 36.8 Å². The Balaban J connectivity index is 2.65. The van der Waals surface area contributed by atoms with Crippen molar-refractivity contribution in [1.29, 1.82) is 0 Å². The Labute approximate surface area is 180 Å². The highest BCUT2D eigenvalue weighted by Crippen LogP contribution is 2.24. The molecule has 7 nitrogen and oxygen atoms in total. The van der Waals surface area contributed by atoms with Gasteiger partial charge in [-0.15, -0.1) is 11.7 Å². The van der Waals surface area contributed by atoms with E-state index in [0.717, 1.165) is 23.5 Å². The van der Waals surface area contributed by atoms with Crippen LogP contribution in [-0.4, -0.2) is 42.6 Å². The number of carbonyl (C=O) groups excluding carboxylic acids is 3. The van der Waals surface area contributed by atoms with E-state index < -0.39 is 11.9 Å². The van der Waals surface area contributed by atoms with Gasteiger partial charge in [0.1, 0.15) is 6.04 Å². The normalized spacial score (nSPS) is 11.5. The van der Waals surface area contributed by atoms with E-state index in [4.69, 9.17) is 5.73 Å². The number of amides is 3. The van der Waals surface area contributed by atoms with Crippen LogP contribution in [0.3, 0.4) is 0 Å². The summed E-state index contributed by atoms with van der Waals surface area (Å²) < 4.78 is 0. The van der Waals surface area contributed by atoms with Crippen LogP contribution in [-0.2, 0) is 14.4 Å². The van der Waals surface area contributed by atoms with Crippen LogP contribution < -0.4 is 21.7 Å². The molecule has 0 fully saturated rings. The Kier molecular flexibility index (Phi) is 12.9. The molecule has 0 saturated heterocycles. The fourth-order valence-corrected chi connectivity index (χ4v) is 3.28. The van der Waals surface area contributed by atoms with E-state index in [-0.39, 0.29) is 31.3 Å². The summed E-state index contributed by atoms with van der Waals surface area (Å²) in [7, 11) is 1.26. The summed E-state index contributed by atoms with van der Waals surface area (Å²) in [4.78, 5) is 37.7. The number of nitrogens with one attached hydrogen (secondary N) is 3. The predicted octanol–water partition coefficient (Wildman–Crippen LogP) is 2.00. The van der Waals surface area contributed by atoms with E-state index in [0.29, 0.717) is 18.5 Å². The molecule has 1 aromatic carbocycles. The molecule has 28 heavy (non-hydrogen) atoms. The van der Waals surface area contributed by atoms with Crippen molar-refractivity contribution in [2.45, 2.75) is 43.0 Å². The fraction of sp³-hybridized carbons (Fsp3) is 0.500. The second-order valence-corrected chi connectivity index (χ2v) is 7.75. The zero-order chi connectivity index (χ0) is 20.8. The highest BCUT2D eigenvalue weighted by atomic mass is 33.1. The van der Waals surface area contributed by atoms with Gasteiger partial charge in [0, 0.05) is 30.1 Å². The van der Waals surface area contributed by atoms with Crippen molar-refractivity contribution >= 4 is 58.5 Å². The first-order valence-corrected chi connectivity index (χ1v) is 11.6.